The molecule has 1 aromatic rings. The Morgan fingerprint density at radius 1 is 1.54 bits per heavy atom. The van der Waals surface area contributed by atoms with E-state index in [9.17, 15) is 9.18 Å². The second-order valence-electron chi connectivity index (χ2n) is 3.08. The van der Waals surface area contributed by atoms with Crippen LogP contribution in [-0.2, 0) is 11.2 Å². The van der Waals surface area contributed by atoms with Gasteiger partial charge < -0.3 is 0 Å². The summed E-state index contributed by atoms with van der Waals surface area (Å²) in [6.45, 7) is 0. The zero-order valence-electron chi connectivity index (χ0n) is 6.96. The van der Waals surface area contributed by atoms with Gasteiger partial charge in [0.2, 0.25) is 6.08 Å². The molecule has 1 aliphatic carbocycles. The molecule has 0 saturated carbocycles. The molecule has 0 aromatic heterocycles. The van der Waals surface area contributed by atoms with Gasteiger partial charge in [0.15, 0.2) is 0 Å². The molecule has 0 saturated heterocycles. The molecule has 0 aliphatic heterocycles. The molecule has 0 fully saturated rings. The van der Waals surface area contributed by atoms with Crippen molar-refractivity contribution in [2.75, 3.05) is 0 Å². The van der Waals surface area contributed by atoms with Crippen LogP contribution in [0.4, 0.5) is 4.39 Å². The molecule has 0 radical (unpaired) electrons. The van der Waals surface area contributed by atoms with Gasteiger partial charge in [0, 0.05) is 0 Å². The van der Waals surface area contributed by atoms with E-state index in [0.717, 1.165) is 5.56 Å². The minimum atomic E-state index is -0.193. The Kier molecular flexibility index (Phi) is 1.95. The molecular weight excluding hydrogens is 169 g/mol. The fourth-order valence-corrected chi connectivity index (χ4v) is 1.79. The average Bonchev–Trinajstić information content (AvgIpc) is 2.51. The minimum absolute atomic E-state index is 0.178. The number of benzene rings is 1. The van der Waals surface area contributed by atoms with Gasteiger partial charge >= 0.3 is 0 Å². The smallest absolute Gasteiger partial charge is 0.211 e. The third-order valence-electron chi connectivity index (χ3n) is 2.39. The van der Waals surface area contributed by atoms with E-state index in [4.69, 9.17) is 0 Å². The van der Waals surface area contributed by atoms with Crippen LogP contribution in [-0.4, -0.2) is 6.08 Å². The number of fused-ring (bicyclic) bond motifs is 1. The van der Waals surface area contributed by atoms with E-state index in [1.807, 2.05) is 6.07 Å². The van der Waals surface area contributed by atoms with Crippen LogP contribution in [0, 0.1) is 5.82 Å². The third-order valence-corrected chi connectivity index (χ3v) is 2.39. The molecule has 1 aromatic carbocycles. The number of hydrogen-bond acceptors (Lipinski definition) is 2. The van der Waals surface area contributed by atoms with Crippen molar-refractivity contribution in [1.82, 2.24) is 0 Å². The SMILES string of the molecule is O=C=NC1CCc2c(F)cccc21. The van der Waals surface area contributed by atoms with Crippen molar-refractivity contribution in [1.29, 1.82) is 0 Å². The van der Waals surface area contributed by atoms with E-state index in [2.05, 4.69) is 4.99 Å². The van der Waals surface area contributed by atoms with Crippen molar-refractivity contribution in [2.24, 2.45) is 4.99 Å². The maximum atomic E-state index is 13.2. The van der Waals surface area contributed by atoms with Gasteiger partial charge in [-0.1, -0.05) is 12.1 Å². The van der Waals surface area contributed by atoms with Gasteiger partial charge in [-0.25, -0.2) is 9.18 Å². The topological polar surface area (TPSA) is 29.4 Å². The van der Waals surface area contributed by atoms with E-state index in [0.29, 0.717) is 18.4 Å². The Morgan fingerprint density at radius 2 is 2.38 bits per heavy atom. The molecule has 0 bridgehead atoms. The summed E-state index contributed by atoms with van der Waals surface area (Å²) in [5.41, 5.74) is 1.54. The van der Waals surface area contributed by atoms with Crippen molar-refractivity contribution in [3.63, 3.8) is 0 Å². The number of hydrogen-bond donors (Lipinski definition) is 0. The molecule has 1 atom stereocenters. The van der Waals surface area contributed by atoms with Crippen molar-refractivity contribution in [3.05, 3.63) is 35.1 Å². The van der Waals surface area contributed by atoms with Gasteiger partial charge in [0.25, 0.3) is 0 Å². The molecule has 0 N–H and O–H groups in total. The van der Waals surface area contributed by atoms with Crippen molar-refractivity contribution in [2.45, 2.75) is 18.9 Å². The second-order valence-corrected chi connectivity index (χ2v) is 3.08. The lowest BCUT2D eigenvalue weighted by Gasteiger charge is -2.02. The summed E-state index contributed by atoms with van der Waals surface area (Å²) in [5.74, 6) is -0.193. The van der Waals surface area contributed by atoms with Crippen LogP contribution < -0.4 is 0 Å². The van der Waals surface area contributed by atoms with Crippen LogP contribution in [0.1, 0.15) is 23.6 Å². The molecule has 3 heteroatoms. The Bertz CT molecular complexity index is 383. The maximum absolute atomic E-state index is 13.2. The predicted octanol–water partition coefficient (Wildman–Crippen LogP) is 2.15. The summed E-state index contributed by atoms with van der Waals surface area (Å²) in [5, 5.41) is 0. The van der Waals surface area contributed by atoms with Gasteiger partial charge in [0.1, 0.15) is 5.82 Å². The Morgan fingerprint density at radius 3 is 3.15 bits per heavy atom. The Labute approximate surface area is 75.1 Å². The Balaban J connectivity index is 2.48. The first kappa shape index (κ1) is 8.14. The molecule has 13 heavy (non-hydrogen) atoms. The van der Waals surface area contributed by atoms with Crippen LogP contribution in [0.2, 0.25) is 0 Å². The molecule has 0 amide bonds. The van der Waals surface area contributed by atoms with Crippen LogP contribution in [0.25, 0.3) is 0 Å². The highest BCUT2D eigenvalue weighted by Crippen LogP contribution is 2.34. The summed E-state index contributed by atoms with van der Waals surface area (Å²) >= 11 is 0. The van der Waals surface area contributed by atoms with Crippen LogP contribution in [0.5, 0.6) is 0 Å². The monoisotopic (exact) mass is 177 g/mol. The third kappa shape index (κ3) is 1.27. The molecule has 1 aliphatic rings. The fourth-order valence-electron chi connectivity index (χ4n) is 1.79. The molecule has 66 valence electrons. The lowest BCUT2D eigenvalue weighted by atomic mass is 10.1. The summed E-state index contributed by atoms with van der Waals surface area (Å²) < 4.78 is 13.2. The van der Waals surface area contributed by atoms with Gasteiger partial charge in [-0.2, -0.15) is 4.99 Å². The maximum Gasteiger partial charge on any atom is 0.235 e. The van der Waals surface area contributed by atoms with Crippen molar-refractivity contribution in [3.8, 4) is 0 Å². The first-order valence-corrected chi connectivity index (χ1v) is 4.17. The van der Waals surface area contributed by atoms with Crippen molar-refractivity contribution >= 4 is 6.08 Å². The predicted molar refractivity (Wildman–Crippen MR) is 45.6 cm³/mol. The van der Waals surface area contributed by atoms with Gasteiger partial charge in [-0.05, 0) is 30.0 Å². The van der Waals surface area contributed by atoms with E-state index in [1.165, 1.54) is 12.1 Å². The summed E-state index contributed by atoms with van der Waals surface area (Å²) in [7, 11) is 0. The largest absolute Gasteiger partial charge is 0.235 e. The molecule has 2 nitrogen and oxygen atoms in total. The lowest BCUT2D eigenvalue weighted by Crippen LogP contribution is -1.90. The molecule has 1 unspecified atom stereocenters. The van der Waals surface area contributed by atoms with Gasteiger partial charge in [-0.3, -0.25) is 0 Å². The highest BCUT2D eigenvalue weighted by atomic mass is 19.1. The number of halogens is 1. The number of carbonyl (C=O) groups excluding carboxylic acids is 1. The fraction of sp³-hybridized carbons (Fsp3) is 0.300. The highest BCUT2D eigenvalue weighted by Gasteiger charge is 2.23. The summed E-state index contributed by atoms with van der Waals surface area (Å²) in [4.78, 5) is 13.7. The normalized spacial score (nSPS) is 19.3. The summed E-state index contributed by atoms with van der Waals surface area (Å²) in [6, 6.07) is 4.72. The van der Waals surface area contributed by atoms with E-state index in [1.54, 1.807) is 6.07 Å². The van der Waals surface area contributed by atoms with E-state index in [-0.39, 0.29) is 11.9 Å². The van der Waals surface area contributed by atoms with E-state index < -0.39 is 0 Å². The molecule has 0 spiro atoms. The zero-order chi connectivity index (χ0) is 9.26. The highest BCUT2D eigenvalue weighted by molar-refractivity contribution is 5.40. The molecule has 0 heterocycles. The number of nitrogens with zero attached hydrogens (tertiary/aromatic N) is 1. The minimum Gasteiger partial charge on any atom is -0.211 e. The number of isocyanates is 1. The quantitative estimate of drug-likeness (QED) is 0.477. The van der Waals surface area contributed by atoms with Crippen LogP contribution >= 0.6 is 0 Å². The molecule has 2 rings (SSSR count). The van der Waals surface area contributed by atoms with Crippen molar-refractivity contribution < 1.29 is 9.18 Å². The standard InChI is InChI=1S/C10H8FNO/c11-9-3-1-2-8-7(9)4-5-10(8)12-6-13/h1-3,10H,4-5H2. The molecular formula is C10H8FNO. The first-order valence-electron chi connectivity index (χ1n) is 4.17. The Hall–Kier alpha value is -1.47. The number of aliphatic imine (C=N–C) groups is 1. The van der Waals surface area contributed by atoms with Crippen LogP contribution in [0.15, 0.2) is 23.2 Å². The number of rotatable bonds is 1. The average molecular weight is 177 g/mol. The second kappa shape index (κ2) is 3.11. The lowest BCUT2D eigenvalue weighted by molar-refractivity contribution is 0.557. The first-order chi connectivity index (χ1) is 6.33. The summed E-state index contributed by atoms with van der Waals surface area (Å²) in [6.07, 6.45) is 2.90. The van der Waals surface area contributed by atoms with Gasteiger partial charge in [-0.15, -0.1) is 0 Å². The van der Waals surface area contributed by atoms with Gasteiger partial charge in [0.05, 0.1) is 6.04 Å². The van der Waals surface area contributed by atoms with Crippen LogP contribution in [0.3, 0.4) is 0 Å². The zero-order valence-corrected chi connectivity index (χ0v) is 6.96. The van der Waals surface area contributed by atoms with E-state index >= 15 is 0 Å².